The number of nitrogens with zero attached hydrogens (tertiary/aromatic N) is 2. The van der Waals surface area contributed by atoms with Crippen molar-refractivity contribution in [2.75, 3.05) is 19.2 Å². The van der Waals surface area contributed by atoms with E-state index in [2.05, 4.69) is 10.5 Å². The molecule has 0 spiro atoms. The molecule has 0 heterocycles. The second-order valence-electron chi connectivity index (χ2n) is 5.27. The molecule has 6 nitrogen and oxygen atoms in total. The van der Waals surface area contributed by atoms with Gasteiger partial charge in [-0.1, -0.05) is 46.6 Å². The Morgan fingerprint density at radius 2 is 1.85 bits per heavy atom. The zero-order valence-corrected chi connectivity index (χ0v) is 16.1. The molecule has 0 atom stereocenters. The lowest BCUT2D eigenvalue weighted by molar-refractivity contribution is 0.128. The highest BCUT2D eigenvalue weighted by molar-refractivity contribution is 6.35. The number of nitrogens with one attached hydrogen (secondary N) is 1. The standard InChI is InChI=1S/C18H19Cl2N3O3/c1-12(14-8-15(19)10-16(20)9-14)22-26-11-13-6-4-5-7-17(13)23(25-3)18(24)21-2/h4-10H,11H2,1-3H3,(H,21,24). The average Bonchev–Trinajstić information content (AvgIpc) is 2.62. The van der Waals surface area contributed by atoms with E-state index in [0.29, 0.717) is 21.4 Å². The molecule has 0 aliphatic rings. The monoisotopic (exact) mass is 395 g/mol. The van der Waals surface area contributed by atoms with Crippen LogP contribution in [0.2, 0.25) is 10.0 Å². The van der Waals surface area contributed by atoms with E-state index in [0.717, 1.165) is 16.2 Å². The smallest absolute Gasteiger partial charge is 0.345 e. The van der Waals surface area contributed by atoms with Crippen LogP contribution in [0.3, 0.4) is 0 Å². The third kappa shape index (κ3) is 5.11. The van der Waals surface area contributed by atoms with E-state index in [1.54, 1.807) is 37.3 Å². The third-order valence-corrected chi connectivity index (χ3v) is 3.93. The van der Waals surface area contributed by atoms with Crippen LogP contribution >= 0.6 is 23.2 Å². The molecule has 0 unspecified atom stereocenters. The van der Waals surface area contributed by atoms with Gasteiger partial charge in [0.05, 0.1) is 18.5 Å². The molecule has 0 radical (unpaired) electrons. The normalized spacial score (nSPS) is 11.2. The van der Waals surface area contributed by atoms with Gasteiger partial charge in [0.2, 0.25) is 0 Å². The minimum Gasteiger partial charge on any atom is -0.391 e. The predicted octanol–water partition coefficient (Wildman–Crippen LogP) is 4.64. The quantitative estimate of drug-likeness (QED) is 0.572. The fraction of sp³-hybridized carbons (Fsp3) is 0.222. The van der Waals surface area contributed by atoms with Crippen LogP contribution < -0.4 is 10.4 Å². The molecule has 0 aromatic heterocycles. The zero-order valence-electron chi connectivity index (χ0n) is 14.6. The van der Waals surface area contributed by atoms with Crippen LogP contribution in [0.4, 0.5) is 10.5 Å². The molecule has 2 aromatic rings. The van der Waals surface area contributed by atoms with E-state index in [-0.39, 0.29) is 6.61 Å². The number of hydroxylamine groups is 1. The van der Waals surface area contributed by atoms with Crippen LogP contribution in [0.1, 0.15) is 18.1 Å². The zero-order chi connectivity index (χ0) is 19.1. The number of hydrogen-bond acceptors (Lipinski definition) is 4. The van der Waals surface area contributed by atoms with Crippen LogP contribution in [0.5, 0.6) is 0 Å². The van der Waals surface area contributed by atoms with Crippen LogP contribution in [-0.4, -0.2) is 25.9 Å². The van der Waals surface area contributed by atoms with E-state index < -0.39 is 6.03 Å². The van der Waals surface area contributed by atoms with E-state index in [1.165, 1.54) is 14.2 Å². The third-order valence-electron chi connectivity index (χ3n) is 3.49. The summed E-state index contributed by atoms with van der Waals surface area (Å²) in [5.74, 6) is 0. The maximum atomic E-state index is 11.9. The minimum absolute atomic E-state index is 0.151. The van der Waals surface area contributed by atoms with Gasteiger partial charge in [0.15, 0.2) is 0 Å². The number of rotatable bonds is 6. The molecule has 8 heteroatoms. The number of amides is 2. The van der Waals surface area contributed by atoms with Gasteiger partial charge in [-0.25, -0.2) is 4.79 Å². The van der Waals surface area contributed by atoms with Gasteiger partial charge in [0.1, 0.15) is 6.61 Å². The molecule has 0 saturated heterocycles. The summed E-state index contributed by atoms with van der Waals surface area (Å²) in [6.07, 6.45) is 0. The van der Waals surface area contributed by atoms with Gasteiger partial charge in [-0.15, -0.1) is 0 Å². The minimum atomic E-state index is -0.395. The van der Waals surface area contributed by atoms with E-state index in [1.807, 2.05) is 12.1 Å². The van der Waals surface area contributed by atoms with Crippen molar-refractivity contribution < 1.29 is 14.5 Å². The Labute approximate surface area is 162 Å². The highest BCUT2D eigenvalue weighted by Crippen LogP contribution is 2.22. The SMILES string of the molecule is CNC(=O)N(OC)c1ccccc1CON=C(C)c1cc(Cl)cc(Cl)c1. The van der Waals surface area contributed by atoms with Crippen molar-refractivity contribution in [3.63, 3.8) is 0 Å². The number of para-hydroxylation sites is 1. The number of oxime groups is 1. The number of urea groups is 1. The van der Waals surface area contributed by atoms with Crippen molar-refractivity contribution in [1.29, 1.82) is 0 Å². The van der Waals surface area contributed by atoms with Crippen molar-refractivity contribution in [3.8, 4) is 0 Å². The molecule has 1 N–H and O–H groups in total. The van der Waals surface area contributed by atoms with Gasteiger partial charge in [0, 0.05) is 28.2 Å². The molecule has 2 aromatic carbocycles. The molecule has 0 bridgehead atoms. The first kappa shape index (κ1) is 20.0. The first-order chi connectivity index (χ1) is 12.5. The Morgan fingerprint density at radius 1 is 1.19 bits per heavy atom. The lowest BCUT2D eigenvalue weighted by atomic mass is 10.1. The first-order valence-corrected chi connectivity index (χ1v) is 8.48. The molecule has 138 valence electrons. The van der Waals surface area contributed by atoms with E-state index >= 15 is 0 Å². The summed E-state index contributed by atoms with van der Waals surface area (Å²) < 4.78 is 0. The molecular formula is C18H19Cl2N3O3. The lowest BCUT2D eigenvalue weighted by Gasteiger charge is -2.21. The molecule has 2 amide bonds. The summed E-state index contributed by atoms with van der Waals surface area (Å²) in [7, 11) is 2.94. The Hall–Kier alpha value is -2.28. The van der Waals surface area contributed by atoms with Crippen LogP contribution in [0.15, 0.2) is 47.6 Å². The van der Waals surface area contributed by atoms with Gasteiger partial charge >= 0.3 is 6.03 Å². The van der Waals surface area contributed by atoms with Gasteiger partial charge in [-0.2, -0.15) is 5.06 Å². The van der Waals surface area contributed by atoms with Crippen molar-refractivity contribution in [2.24, 2.45) is 5.16 Å². The lowest BCUT2D eigenvalue weighted by Crippen LogP contribution is -2.37. The maximum Gasteiger partial charge on any atom is 0.345 e. The fourth-order valence-electron chi connectivity index (χ4n) is 2.24. The van der Waals surface area contributed by atoms with Crippen molar-refractivity contribution >= 4 is 40.6 Å². The average molecular weight is 396 g/mol. The highest BCUT2D eigenvalue weighted by Gasteiger charge is 2.17. The number of carbonyl (C=O) groups is 1. The highest BCUT2D eigenvalue weighted by atomic mass is 35.5. The summed E-state index contributed by atoms with van der Waals surface area (Å²) in [5.41, 5.74) is 2.69. The Bertz CT molecular complexity index is 792. The summed E-state index contributed by atoms with van der Waals surface area (Å²) in [4.78, 5) is 22.5. The summed E-state index contributed by atoms with van der Waals surface area (Å²) >= 11 is 12.0. The maximum absolute atomic E-state index is 11.9. The van der Waals surface area contributed by atoms with Gasteiger partial charge in [-0.05, 0) is 31.2 Å². The fourth-order valence-corrected chi connectivity index (χ4v) is 2.76. The van der Waals surface area contributed by atoms with Gasteiger partial charge < -0.3 is 10.2 Å². The Balaban J connectivity index is 2.16. The summed E-state index contributed by atoms with van der Waals surface area (Å²) in [6, 6.07) is 12.0. The Kier molecular flexibility index (Phi) is 7.26. The van der Waals surface area contributed by atoms with E-state index in [9.17, 15) is 4.79 Å². The van der Waals surface area contributed by atoms with Gasteiger partial charge in [0.25, 0.3) is 0 Å². The topological polar surface area (TPSA) is 63.2 Å². The predicted molar refractivity (Wildman–Crippen MR) is 104 cm³/mol. The summed E-state index contributed by atoms with van der Waals surface area (Å²) in [5, 5.41) is 8.81. The molecular weight excluding hydrogens is 377 g/mol. The number of anilines is 1. The van der Waals surface area contributed by atoms with Crippen LogP contribution in [0, 0.1) is 0 Å². The number of hydrogen-bond donors (Lipinski definition) is 1. The number of benzene rings is 2. The van der Waals surface area contributed by atoms with Crippen molar-refractivity contribution in [1.82, 2.24) is 5.32 Å². The molecule has 26 heavy (non-hydrogen) atoms. The Morgan fingerprint density at radius 3 is 2.46 bits per heavy atom. The molecule has 0 aliphatic heterocycles. The molecule has 0 saturated carbocycles. The van der Waals surface area contributed by atoms with Crippen LogP contribution in [0.25, 0.3) is 0 Å². The molecule has 0 fully saturated rings. The first-order valence-electron chi connectivity index (χ1n) is 7.73. The second-order valence-corrected chi connectivity index (χ2v) is 6.14. The van der Waals surface area contributed by atoms with Gasteiger partial charge in [-0.3, -0.25) is 4.84 Å². The summed E-state index contributed by atoms with van der Waals surface area (Å²) in [6.45, 7) is 1.94. The number of carbonyl (C=O) groups excluding carboxylic acids is 1. The number of halogens is 2. The van der Waals surface area contributed by atoms with E-state index in [4.69, 9.17) is 32.9 Å². The second kappa shape index (κ2) is 9.43. The molecule has 2 rings (SSSR count). The van der Waals surface area contributed by atoms with Crippen molar-refractivity contribution in [3.05, 3.63) is 63.6 Å². The largest absolute Gasteiger partial charge is 0.391 e. The van der Waals surface area contributed by atoms with Crippen molar-refractivity contribution in [2.45, 2.75) is 13.5 Å². The van der Waals surface area contributed by atoms with Crippen LogP contribution in [-0.2, 0) is 16.3 Å². The molecule has 0 aliphatic carbocycles.